The van der Waals surface area contributed by atoms with Crippen molar-refractivity contribution in [3.63, 3.8) is 0 Å². The summed E-state index contributed by atoms with van der Waals surface area (Å²) in [5.41, 5.74) is 1.18. The number of carbonyl (C=O) groups excluding carboxylic acids is 3. The zero-order valence-corrected chi connectivity index (χ0v) is 20.4. The normalized spacial score (nSPS) is 22.4. The quantitative estimate of drug-likeness (QED) is 0.289. The minimum absolute atomic E-state index is 0.0398. The van der Waals surface area contributed by atoms with Gasteiger partial charge in [0.15, 0.2) is 11.5 Å². The molecule has 4 atom stereocenters. The number of aliphatic hydroxyl groups is 2. The lowest BCUT2D eigenvalue weighted by Crippen LogP contribution is -2.56. The average molecular weight is 491 g/mol. The minimum Gasteiger partial charge on any atom is -0.493 e. The highest BCUT2D eigenvalue weighted by Gasteiger charge is 2.51. The van der Waals surface area contributed by atoms with Crippen molar-refractivity contribution >= 4 is 18.1 Å². The Balaban J connectivity index is 2.06. The van der Waals surface area contributed by atoms with Crippen molar-refractivity contribution < 1.29 is 38.8 Å². The van der Waals surface area contributed by atoms with Crippen LogP contribution >= 0.6 is 0 Å². The van der Waals surface area contributed by atoms with Crippen LogP contribution in [0.1, 0.15) is 48.5 Å². The maximum atomic E-state index is 13.2. The highest BCUT2D eigenvalue weighted by molar-refractivity contribution is 5.96. The predicted molar refractivity (Wildman–Crippen MR) is 127 cm³/mol. The third-order valence-corrected chi connectivity index (χ3v) is 6.29. The number of ether oxygens (including phenoxy) is 3. The molecule has 0 radical (unpaired) electrons. The molecular formula is C25H34N2O8. The Labute approximate surface area is 204 Å². The number of amides is 2. The number of aldehydes is 1. The van der Waals surface area contributed by atoms with E-state index in [9.17, 15) is 24.6 Å². The molecule has 192 valence electrons. The van der Waals surface area contributed by atoms with Gasteiger partial charge in [0.1, 0.15) is 18.5 Å². The SMILES string of the molecule is CCOCCCN(C(=O)CC)C1C=C(C(=O)NCCO)C2c3cc(C=O)cc(OC)c3OC2C1O. The topological polar surface area (TPSA) is 135 Å². The van der Waals surface area contributed by atoms with Gasteiger partial charge in [0.25, 0.3) is 0 Å². The highest BCUT2D eigenvalue weighted by atomic mass is 16.5. The molecule has 1 aromatic carbocycles. The zero-order chi connectivity index (χ0) is 25.5. The number of fused-ring (bicyclic) bond motifs is 3. The average Bonchev–Trinajstić information content (AvgIpc) is 3.27. The second-order valence-corrected chi connectivity index (χ2v) is 8.39. The third-order valence-electron chi connectivity index (χ3n) is 6.29. The molecule has 4 unspecified atom stereocenters. The monoisotopic (exact) mass is 490 g/mol. The molecule has 0 saturated carbocycles. The molecule has 1 aliphatic carbocycles. The van der Waals surface area contributed by atoms with Crippen molar-refractivity contribution in [2.75, 3.05) is 40.0 Å². The van der Waals surface area contributed by atoms with E-state index in [-0.39, 0.29) is 25.5 Å². The van der Waals surface area contributed by atoms with E-state index in [1.165, 1.54) is 13.2 Å². The van der Waals surface area contributed by atoms with Crippen molar-refractivity contribution in [2.24, 2.45) is 0 Å². The number of methoxy groups -OCH3 is 1. The van der Waals surface area contributed by atoms with Crippen LogP contribution in [-0.4, -0.2) is 91.5 Å². The van der Waals surface area contributed by atoms with Gasteiger partial charge in [0, 0.05) is 49.4 Å². The molecule has 10 nitrogen and oxygen atoms in total. The van der Waals surface area contributed by atoms with E-state index < -0.39 is 30.1 Å². The second kappa shape index (κ2) is 12.1. The van der Waals surface area contributed by atoms with Crippen LogP contribution in [0.15, 0.2) is 23.8 Å². The number of hydrogen-bond acceptors (Lipinski definition) is 8. The molecule has 0 fully saturated rings. The number of carbonyl (C=O) groups is 3. The molecule has 1 aromatic rings. The summed E-state index contributed by atoms with van der Waals surface area (Å²) in [7, 11) is 1.44. The van der Waals surface area contributed by atoms with Gasteiger partial charge in [-0.2, -0.15) is 0 Å². The summed E-state index contributed by atoms with van der Waals surface area (Å²) in [5.74, 6) is -0.650. The molecule has 0 spiro atoms. The largest absolute Gasteiger partial charge is 0.493 e. The lowest BCUT2D eigenvalue weighted by molar-refractivity contribution is -0.137. The van der Waals surface area contributed by atoms with E-state index in [2.05, 4.69) is 5.32 Å². The number of rotatable bonds is 12. The first-order valence-electron chi connectivity index (χ1n) is 11.9. The fourth-order valence-corrected chi connectivity index (χ4v) is 4.68. The van der Waals surface area contributed by atoms with Crippen molar-refractivity contribution in [3.05, 3.63) is 34.9 Å². The minimum atomic E-state index is -1.14. The number of nitrogens with one attached hydrogen (secondary N) is 1. The van der Waals surface area contributed by atoms with Gasteiger partial charge in [-0.25, -0.2) is 0 Å². The first-order valence-corrected chi connectivity index (χ1v) is 11.9. The van der Waals surface area contributed by atoms with Crippen molar-refractivity contribution in [1.82, 2.24) is 10.2 Å². The molecule has 0 bridgehead atoms. The number of aliphatic hydroxyl groups excluding tert-OH is 2. The summed E-state index contributed by atoms with van der Waals surface area (Å²) in [4.78, 5) is 39.1. The van der Waals surface area contributed by atoms with Gasteiger partial charge in [-0.3, -0.25) is 14.4 Å². The molecule has 35 heavy (non-hydrogen) atoms. The third kappa shape index (κ3) is 5.50. The summed E-state index contributed by atoms with van der Waals surface area (Å²) in [6.07, 6.45) is 1.04. The molecule has 0 saturated heterocycles. The molecule has 1 heterocycles. The standard InChI is InChI=1S/C25H34N2O8/c1-4-20(30)27(8-6-10-34-5-2)18-13-17(25(32)26-7-9-28)21-16-11-15(14-29)12-19(33-3)23(16)35-24(21)22(18)31/h11-14,18,21-22,24,28,31H,4-10H2,1-3H3,(H,26,32). The van der Waals surface area contributed by atoms with E-state index in [0.717, 1.165) is 0 Å². The Kier molecular flexibility index (Phi) is 9.25. The van der Waals surface area contributed by atoms with E-state index in [0.29, 0.717) is 60.7 Å². The van der Waals surface area contributed by atoms with Gasteiger partial charge in [0.05, 0.1) is 25.7 Å². The molecule has 10 heteroatoms. The van der Waals surface area contributed by atoms with E-state index >= 15 is 0 Å². The van der Waals surface area contributed by atoms with Gasteiger partial charge < -0.3 is 34.6 Å². The van der Waals surface area contributed by atoms with Crippen LogP contribution in [0.25, 0.3) is 0 Å². The first-order chi connectivity index (χ1) is 16.9. The predicted octanol–water partition coefficient (Wildman–Crippen LogP) is 0.796. The summed E-state index contributed by atoms with van der Waals surface area (Å²) < 4.78 is 17.0. The Morgan fingerprint density at radius 2 is 2.06 bits per heavy atom. The van der Waals surface area contributed by atoms with Crippen LogP contribution in [0.2, 0.25) is 0 Å². The van der Waals surface area contributed by atoms with Crippen LogP contribution in [0.5, 0.6) is 11.5 Å². The van der Waals surface area contributed by atoms with Crippen molar-refractivity contribution in [3.8, 4) is 11.5 Å². The number of hydrogen-bond donors (Lipinski definition) is 3. The zero-order valence-electron chi connectivity index (χ0n) is 20.4. The smallest absolute Gasteiger partial charge is 0.247 e. The van der Waals surface area contributed by atoms with Crippen LogP contribution in [-0.2, 0) is 14.3 Å². The Morgan fingerprint density at radius 1 is 1.29 bits per heavy atom. The van der Waals surface area contributed by atoms with Gasteiger partial charge >= 0.3 is 0 Å². The van der Waals surface area contributed by atoms with Crippen LogP contribution in [0, 0.1) is 0 Å². The van der Waals surface area contributed by atoms with Crippen molar-refractivity contribution in [1.29, 1.82) is 0 Å². The summed E-state index contributed by atoms with van der Waals surface area (Å²) in [6, 6.07) is 2.33. The van der Waals surface area contributed by atoms with Gasteiger partial charge in [-0.05, 0) is 31.6 Å². The van der Waals surface area contributed by atoms with E-state index in [4.69, 9.17) is 14.2 Å². The van der Waals surface area contributed by atoms with Crippen LogP contribution in [0.3, 0.4) is 0 Å². The van der Waals surface area contributed by atoms with Gasteiger partial charge in [-0.1, -0.05) is 6.92 Å². The summed E-state index contributed by atoms with van der Waals surface area (Å²) >= 11 is 0. The van der Waals surface area contributed by atoms with Crippen molar-refractivity contribution in [2.45, 2.75) is 50.9 Å². The summed E-state index contributed by atoms with van der Waals surface area (Å²) in [5, 5.41) is 23.3. The summed E-state index contributed by atoms with van der Waals surface area (Å²) in [6.45, 7) is 4.77. The first kappa shape index (κ1) is 26.7. The van der Waals surface area contributed by atoms with E-state index in [1.807, 2.05) is 6.92 Å². The molecule has 0 aromatic heterocycles. The molecule has 3 N–H and O–H groups in total. The fourth-order valence-electron chi connectivity index (χ4n) is 4.68. The molecule has 2 aliphatic rings. The Bertz CT molecular complexity index is 963. The number of benzene rings is 1. The molecule has 3 rings (SSSR count). The molecule has 1 aliphatic heterocycles. The molecule has 2 amide bonds. The van der Waals surface area contributed by atoms with Crippen LogP contribution < -0.4 is 14.8 Å². The highest BCUT2D eigenvalue weighted by Crippen LogP contribution is 2.51. The van der Waals surface area contributed by atoms with Gasteiger partial charge in [0.2, 0.25) is 11.8 Å². The van der Waals surface area contributed by atoms with Crippen LogP contribution in [0.4, 0.5) is 0 Å². The number of nitrogens with zero attached hydrogens (tertiary/aromatic N) is 1. The maximum Gasteiger partial charge on any atom is 0.247 e. The lowest BCUT2D eigenvalue weighted by atomic mass is 9.77. The Hall–Kier alpha value is -2.95. The second-order valence-electron chi connectivity index (χ2n) is 8.39. The fraction of sp³-hybridized carbons (Fsp3) is 0.560. The lowest BCUT2D eigenvalue weighted by Gasteiger charge is -2.40. The Morgan fingerprint density at radius 3 is 2.69 bits per heavy atom. The van der Waals surface area contributed by atoms with E-state index in [1.54, 1.807) is 24.0 Å². The van der Waals surface area contributed by atoms with Gasteiger partial charge in [-0.15, -0.1) is 0 Å². The maximum absolute atomic E-state index is 13.2. The molecular weight excluding hydrogens is 456 g/mol.